The lowest BCUT2D eigenvalue weighted by Gasteiger charge is -2.12. The number of hydrogen-bond donors (Lipinski definition) is 1. The Morgan fingerprint density at radius 3 is 2.87 bits per heavy atom. The Kier molecular flexibility index (Phi) is 5.67. The van der Waals surface area contributed by atoms with Crippen LogP contribution in [0, 0.1) is 6.92 Å². The number of benzene rings is 1. The van der Waals surface area contributed by atoms with Gasteiger partial charge in [-0.2, -0.15) is 5.10 Å². The molecule has 0 saturated carbocycles. The average Bonchev–Trinajstić information content (AvgIpc) is 3.44. The molecule has 0 unspecified atom stereocenters. The number of nitrogens with zero attached hydrogens (tertiary/aromatic N) is 3. The largest absolute Gasteiger partial charge is 0.485 e. The van der Waals surface area contributed by atoms with Gasteiger partial charge in [-0.15, -0.1) is 0 Å². The smallest absolute Gasteiger partial charge is 0.276 e. The first-order chi connectivity index (χ1) is 14.5. The van der Waals surface area contributed by atoms with Crippen molar-refractivity contribution in [3.8, 4) is 5.75 Å². The lowest BCUT2D eigenvalue weighted by atomic mass is 10.2. The summed E-state index contributed by atoms with van der Waals surface area (Å²) in [6, 6.07) is 11.4. The van der Waals surface area contributed by atoms with Crippen LogP contribution >= 0.6 is 12.2 Å². The Balaban J connectivity index is 1.41. The molecule has 0 bridgehead atoms. The van der Waals surface area contributed by atoms with Crippen LogP contribution in [0.15, 0.2) is 58.9 Å². The van der Waals surface area contributed by atoms with Crippen LogP contribution in [0.2, 0.25) is 0 Å². The third-order valence-electron chi connectivity index (χ3n) is 4.75. The lowest BCUT2D eigenvalue weighted by molar-refractivity contribution is -0.122. The second-order valence-corrected chi connectivity index (χ2v) is 7.33. The van der Waals surface area contributed by atoms with Gasteiger partial charge in [0.2, 0.25) is 0 Å². The predicted molar refractivity (Wildman–Crippen MR) is 116 cm³/mol. The van der Waals surface area contributed by atoms with Gasteiger partial charge in [0.1, 0.15) is 29.6 Å². The molecule has 4 rings (SSSR count). The standard InChI is InChI=1S/C22H22N4O3S/c1-3-25-12-16(11-23-25)13-26-21(27)19(24-22(26)30)10-17-8-9-18(29-17)14-28-20-7-5-4-6-15(20)2/h4-12H,3,13-14H2,1-2H3,(H,24,30)/b19-10+. The molecule has 3 heterocycles. The lowest BCUT2D eigenvalue weighted by Crippen LogP contribution is -2.29. The molecule has 0 aliphatic carbocycles. The van der Waals surface area contributed by atoms with Crippen LogP contribution in [0.4, 0.5) is 0 Å². The number of carbonyl (C=O) groups excluding carboxylic acids is 1. The van der Waals surface area contributed by atoms with Crippen LogP contribution in [0.3, 0.4) is 0 Å². The number of rotatable bonds is 7. The van der Waals surface area contributed by atoms with E-state index in [0.717, 1.165) is 23.4 Å². The van der Waals surface area contributed by atoms with Gasteiger partial charge in [0.05, 0.1) is 12.7 Å². The van der Waals surface area contributed by atoms with Gasteiger partial charge in [0, 0.05) is 24.4 Å². The number of furan rings is 1. The quantitative estimate of drug-likeness (QED) is 0.463. The first kappa shape index (κ1) is 19.9. The van der Waals surface area contributed by atoms with E-state index in [2.05, 4.69) is 10.4 Å². The van der Waals surface area contributed by atoms with Crippen LogP contribution in [-0.2, 0) is 24.5 Å². The minimum atomic E-state index is -0.196. The zero-order valence-corrected chi connectivity index (χ0v) is 17.6. The zero-order valence-electron chi connectivity index (χ0n) is 16.8. The van der Waals surface area contributed by atoms with Crippen molar-refractivity contribution in [3.05, 3.63) is 77.1 Å². The molecule has 1 aliphatic heterocycles. The van der Waals surface area contributed by atoms with E-state index in [-0.39, 0.29) is 5.91 Å². The third kappa shape index (κ3) is 4.28. The molecule has 1 aliphatic rings. The number of hydrogen-bond acceptors (Lipinski definition) is 5. The number of carbonyl (C=O) groups is 1. The summed E-state index contributed by atoms with van der Waals surface area (Å²) >= 11 is 5.33. The number of thiocarbonyl (C=S) groups is 1. The first-order valence-corrected chi connectivity index (χ1v) is 10.1. The third-order valence-corrected chi connectivity index (χ3v) is 5.07. The van der Waals surface area contributed by atoms with E-state index in [1.807, 2.05) is 55.1 Å². The van der Waals surface area contributed by atoms with E-state index in [1.54, 1.807) is 18.3 Å². The number of nitrogens with one attached hydrogen (secondary N) is 1. The normalized spacial score (nSPS) is 15.1. The van der Waals surface area contributed by atoms with E-state index in [4.69, 9.17) is 21.4 Å². The van der Waals surface area contributed by atoms with Crippen molar-refractivity contribution in [2.24, 2.45) is 0 Å². The fraction of sp³-hybridized carbons (Fsp3) is 0.227. The van der Waals surface area contributed by atoms with Gasteiger partial charge in [0.15, 0.2) is 5.11 Å². The van der Waals surface area contributed by atoms with Gasteiger partial charge < -0.3 is 14.5 Å². The molecule has 2 aromatic heterocycles. The summed E-state index contributed by atoms with van der Waals surface area (Å²) in [6.45, 7) is 5.45. The molecule has 7 nitrogen and oxygen atoms in total. The average molecular weight is 423 g/mol. The molecule has 0 spiro atoms. The molecule has 1 amide bonds. The van der Waals surface area contributed by atoms with E-state index in [9.17, 15) is 4.79 Å². The molecule has 154 valence electrons. The van der Waals surface area contributed by atoms with Crippen molar-refractivity contribution in [1.82, 2.24) is 20.0 Å². The summed E-state index contributed by atoms with van der Waals surface area (Å²) in [5.74, 6) is 1.84. The van der Waals surface area contributed by atoms with E-state index < -0.39 is 0 Å². The number of aromatic nitrogens is 2. The summed E-state index contributed by atoms with van der Waals surface area (Å²) in [4.78, 5) is 14.3. The highest BCUT2D eigenvalue weighted by Gasteiger charge is 2.31. The molecule has 1 saturated heterocycles. The monoisotopic (exact) mass is 422 g/mol. The summed E-state index contributed by atoms with van der Waals surface area (Å²) in [7, 11) is 0. The number of ether oxygens (including phenoxy) is 1. The van der Waals surface area contributed by atoms with Crippen molar-refractivity contribution in [2.75, 3.05) is 0 Å². The summed E-state index contributed by atoms with van der Waals surface area (Å²) in [5.41, 5.74) is 2.36. The molecule has 1 fully saturated rings. The van der Waals surface area contributed by atoms with Gasteiger partial charge >= 0.3 is 0 Å². The first-order valence-electron chi connectivity index (χ1n) is 9.66. The highest BCUT2D eigenvalue weighted by Crippen LogP contribution is 2.21. The predicted octanol–water partition coefficient (Wildman–Crippen LogP) is 3.64. The highest BCUT2D eigenvalue weighted by molar-refractivity contribution is 7.80. The maximum Gasteiger partial charge on any atom is 0.276 e. The maximum absolute atomic E-state index is 12.8. The maximum atomic E-state index is 12.8. The summed E-state index contributed by atoms with van der Waals surface area (Å²) in [5, 5.41) is 7.57. The Morgan fingerprint density at radius 2 is 2.10 bits per heavy atom. The fourth-order valence-corrected chi connectivity index (χ4v) is 3.38. The Hall–Kier alpha value is -3.39. The van der Waals surface area contributed by atoms with Gasteiger partial charge in [0.25, 0.3) is 5.91 Å². The van der Waals surface area contributed by atoms with Crippen LogP contribution < -0.4 is 10.1 Å². The zero-order chi connectivity index (χ0) is 21.1. The molecule has 8 heteroatoms. The number of aryl methyl sites for hydroxylation is 2. The van der Waals surface area contributed by atoms with Crippen LogP contribution in [-0.4, -0.2) is 25.7 Å². The van der Waals surface area contributed by atoms with E-state index in [1.165, 1.54) is 4.90 Å². The number of amides is 1. The second kappa shape index (κ2) is 8.54. The molecular weight excluding hydrogens is 400 g/mol. The molecule has 0 atom stereocenters. The molecule has 30 heavy (non-hydrogen) atoms. The molecular formula is C22H22N4O3S. The van der Waals surface area contributed by atoms with Gasteiger partial charge in [-0.1, -0.05) is 18.2 Å². The molecule has 3 aromatic rings. The summed E-state index contributed by atoms with van der Waals surface area (Å²) < 4.78 is 13.4. The molecule has 1 aromatic carbocycles. The van der Waals surface area contributed by atoms with Gasteiger partial charge in [-0.25, -0.2) is 0 Å². The minimum absolute atomic E-state index is 0.196. The van der Waals surface area contributed by atoms with Crippen molar-refractivity contribution in [2.45, 2.75) is 33.5 Å². The van der Waals surface area contributed by atoms with Crippen LogP contribution in [0.1, 0.15) is 29.6 Å². The fourth-order valence-electron chi connectivity index (χ4n) is 3.12. The van der Waals surface area contributed by atoms with Gasteiger partial charge in [-0.3, -0.25) is 14.4 Å². The molecule has 1 N–H and O–H groups in total. The Labute approximate surface area is 179 Å². The SMILES string of the molecule is CCn1cc(CN2C(=O)/C(=C\c3ccc(COc4ccccc4C)o3)NC2=S)cn1. The minimum Gasteiger partial charge on any atom is -0.485 e. The molecule has 0 radical (unpaired) electrons. The van der Waals surface area contributed by atoms with Crippen molar-refractivity contribution in [3.63, 3.8) is 0 Å². The highest BCUT2D eigenvalue weighted by atomic mass is 32.1. The van der Waals surface area contributed by atoms with Crippen LogP contribution in [0.5, 0.6) is 5.75 Å². The topological polar surface area (TPSA) is 72.5 Å². The summed E-state index contributed by atoms with van der Waals surface area (Å²) in [6.07, 6.45) is 5.31. The second-order valence-electron chi connectivity index (χ2n) is 6.94. The Bertz CT molecular complexity index is 1120. The van der Waals surface area contributed by atoms with Crippen LogP contribution in [0.25, 0.3) is 6.08 Å². The number of para-hydroxylation sites is 1. The van der Waals surface area contributed by atoms with Crippen molar-refractivity contribution in [1.29, 1.82) is 0 Å². The van der Waals surface area contributed by atoms with Crippen molar-refractivity contribution < 1.29 is 13.9 Å². The van der Waals surface area contributed by atoms with Crippen molar-refractivity contribution >= 4 is 29.3 Å². The van der Waals surface area contributed by atoms with Gasteiger partial charge in [-0.05, 0) is 49.8 Å². The van der Waals surface area contributed by atoms with E-state index >= 15 is 0 Å². The Morgan fingerprint density at radius 1 is 1.27 bits per heavy atom. The van der Waals surface area contributed by atoms with E-state index in [0.29, 0.717) is 35.5 Å².